The van der Waals surface area contributed by atoms with Crippen LogP contribution >= 0.6 is 0 Å². The summed E-state index contributed by atoms with van der Waals surface area (Å²) < 4.78 is 15.7. The van der Waals surface area contributed by atoms with Crippen molar-refractivity contribution in [3.8, 4) is 17.0 Å². The molecule has 0 amide bonds. The van der Waals surface area contributed by atoms with Crippen molar-refractivity contribution in [2.24, 2.45) is 0 Å². The Hall–Kier alpha value is -3.86. The number of hydrogen-bond donors (Lipinski definition) is 3. The SMILES string of the molecule is Nc1nn(C2CCN(c3ncc(C4CCNCC4)cn3)CC2)c2cc(-c3cc(F)ccc3O)nnc12. The number of aromatic nitrogens is 6. The summed E-state index contributed by atoms with van der Waals surface area (Å²) in [4.78, 5) is 11.5. The van der Waals surface area contributed by atoms with Crippen LogP contribution in [-0.2, 0) is 0 Å². The second kappa shape index (κ2) is 9.30. The maximum Gasteiger partial charge on any atom is 0.225 e. The van der Waals surface area contributed by atoms with Gasteiger partial charge in [0.05, 0.1) is 17.3 Å². The van der Waals surface area contributed by atoms with Gasteiger partial charge < -0.3 is 21.1 Å². The number of phenolic OH excluding ortho intramolecular Hbond substituents is 1. The summed E-state index contributed by atoms with van der Waals surface area (Å²) in [6, 6.07) is 5.61. The van der Waals surface area contributed by atoms with E-state index >= 15 is 0 Å². The molecule has 0 radical (unpaired) electrons. The Kier molecular flexibility index (Phi) is 5.84. The lowest BCUT2D eigenvalue weighted by atomic mass is 9.92. The molecular weight excluding hydrogens is 461 g/mol. The Balaban J connectivity index is 1.20. The van der Waals surface area contributed by atoms with Crippen molar-refractivity contribution >= 4 is 22.8 Å². The van der Waals surface area contributed by atoms with Crippen molar-refractivity contribution in [3.63, 3.8) is 0 Å². The van der Waals surface area contributed by atoms with Crippen LogP contribution in [0.15, 0.2) is 36.7 Å². The molecular formula is C25H28FN9O. The van der Waals surface area contributed by atoms with Crippen LogP contribution in [0.2, 0.25) is 0 Å². The van der Waals surface area contributed by atoms with E-state index < -0.39 is 5.82 Å². The Morgan fingerprint density at radius 1 is 1.00 bits per heavy atom. The van der Waals surface area contributed by atoms with Crippen molar-refractivity contribution in [2.45, 2.75) is 37.6 Å². The topological polar surface area (TPSA) is 131 Å². The van der Waals surface area contributed by atoms with Crippen LogP contribution in [-0.4, -0.2) is 61.2 Å². The molecule has 3 aromatic heterocycles. The van der Waals surface area contributed by atoms with Crippen LogP contribution in [0.25, 0.3) is 22.3 Å². The number of benzene rings is 1. The highest BCUT2D eigenvalue weighted by Gasteiger charge is 2.26. The number of nitrogens with two attached hydrogens (primary N) is 1. The first-order valence-corrected chi connectivity index (χ1v) is 12.3. The first-order chi connectivity index (χ1) is 17.6. The molecule has 4 aromatic rings. The molecule has 2 aliphatic rings. The molecule has 36 heavy (non-hydrogen) atoms. The third-order valence-electron chi connectivity index (χ3n) is 7.28. The largest absolute Gasteiger partial charge is 0.507 e. The zero-order chi connectivity index (χ0) is 24.6. The molecule has 5 heterocycles. The van der Waals surface area contributed by atoms with Crippen LogP contribution in [0.4, 0.5) is 16.2 Å². The van der Waals surface area contributed by atoms with Crippen LogP contribution in [0.5, 0.6) is 5.75 Å². The second-order valence-corrected chi connectivity index (χ2v) is 9.51. The number of rotatable bonds is 4. The molecule has 1 aromatic carbocycles. The number of phenols is 1. The van der Waals surface area contributed by atoms with Crippen LogP contribution in [0.3, 0.4) is 0 Å². The first kappa shape index (κ1) is 22.6. The van der Waals surface area contributed by atoms with E-state index in [1.165, 1.54) is 23.8 Å². The summed E-state index contributed by atoms with van der Waals surface area (Å²) >= 11 is 0. The third kappa shape index (κ3) is 4.19. The van der Waals surface area contributed by atoms with E-state index in [9.17, 15) is 9.50 Å². The van der Waals surface area contributed by atoms with Gasteiger partial charge in [0.15, 0.2) is 11.3 Å². The molecule has 4 N–H and O–H groups in total. The van der Waals surface area contributed by atoms with Crippen LogP contribution in [0, 0.1) is 5.82 Å². The van der Waals surface area contributed by atoms with Gasteiger partial charge in [0.2, 0.25) is 5.95 Å². The van der Waals surface area contributed by atoms with Gasteiger partial charge in [-0.05, 0) is 74.5 Å². The van der Waals surface area contributed by atoms with E-state index in [0.29, 0.717) is 28.5 Å². The molecule has 11 heteroatoms. The molecule has 0 unspecified atom stereocenters. The van der Waals surface area contributed by atoms with Gasteiger partial charge in [0, 0.05) is 31.0 Å². The van der Waals surface area contributed by atoms with Crippen molar-refractivity contribution in [2.75, 3.05) is 36.8 Å². The van der Waals surface area contributed by atoms with Crippen molar-refractivity contribution in [1.29, 1.82) is 0 Å². The zero-order valence-corrected chi connectivity index (χ0v) is 19.8. The van der Waals surface area contributed by atoms with Gasteiger partial charge in [-0.25, -0.2) is 14.4 Å². The average molecular weight is 490 g/mol. The fraction of sp³-hybridized carbons (Fsp3) is 0.400. The Morgan fingerprint density at radius 3 is 2.50 bits per heavy atom. The predicted molar refractivity (Wildman–Crippen MR) is 134 cm³/mol. The van der Waals surface area contributed by atoms with Gasteiger partial charge in [-0.1, -0.05) is 0 Å². The highest BCUT2D eigenvalue weighted by atomic mass is 19.1. The maximum atomic E-state index is 13.8. The summed E-state index contributed by atoms with van der Waals surface area (Å²) in [6.45, 7) is 3.66. The minimum atomic E-state index is -0.462. The van der Waals surface area contributed by atoms with Gasteiger partial charge in [0.1, 0.15) is 11.6 Å². The minimum absolute atomic E-state index is 0.0661. The molecule has 0 saturated carbocycles. The number of hydrogen-bond acceptors (Lipinski definition) is 9. The zero-order valence-electron chi connectivity index (χ0n) is 19.8. The van der Waals surface area contributed by atoms with Crippen molar-refractivity contribution < 1.29 is 9.50 Å². The number of halogens is 1. The van der Waals surface area contributed by atoms with Crippen molar-refractivity contribution in [1.82, 2.24) is 35.3 Å². The molecule has 0 aliphatic carbocycles. The third-order valence-corrected chi connectivity index (χ3v) is 7.28. The number of fused-ring (bicyclic) bond motifs is 1. The Bertz CT molecular complexity index is 1380. The van der Waals surface area contributed by atoms with Gasteiger partial charge >= 0.3 is 0 Å². The normalized spacial score (nSPS) is 17.6. The molecule has 0 bridgehead atoms. The van der Waals surface area contributed by atoms with Crippen LogP contribution in [0.1, 0.15) is 43.2 Å². The number of nitrogen functional groups attached to an aromatic ring is 1. The lowest BCUT2D eigenvalue weighted by molar-refractivity contribution is 0.374. The highest BCUT2D eigenvalue weighted by Crippen LogP contribution is 2.33. The Labute approximate surface area is 207 Å². The molecule has 2 fully saturated rings. The average Bonchev–Trinajstić information content (AvgIpc) is 3.26. The summed E-state index contributed by atoms with van der Waals surface area (Å²) in [5.74, 6) is 1.06. The van der Waals surface area contributed by atoms with E-state index in [4.69, 9.17) is 5.73 Å². The van der Waals surface area contributed by atoms with E-state index in [0.717, 1.165) is 57.8 Å². The maximum absolute atomic E-state index is 13.8. The monoisotopic (exact) mass is 489 g/mol. The lowest BCUT2D eigenvalue weighted by Gasteiger charge is -2.32. The predicted octanol–water partition coefficient (Wildman–Crippen LogP) is 3.02. The van der Waals surface area contributed by atoms with Gasteiger partial charge in [-0.15, -0.1) is 10.2 Å². The number of nitrogens with zero attached hydrogens (tertiary/aromatic N) is 7. The fourth-order valence-corrected chi connectivity index (χ4v) is 5.25. The number of aromatic hydroxyl groups is 1. The number of anilines is 2. The van der Waals surface area contributed by atoms with E-state index in [2.05, 4.69) is 35.5 Å². The molecule has 0 atom stereocenters. The van der Waals surface area contributed by atoms with Crippen LogP contribution < -0.4 is 16.0 Å². The molecule has 186 valence electrons. The first-order valence-electron chi connectivity index (χ1n) is 12.3. The van der Waals surface area contributed by atoms with Gasteiger partial charge in [-0.2, -0.15) is 5.10 Å². The van der Waals surface area contributed by atoms with Gasteiger partial charge in [0.25, 0.3) is 0 Å². The second-order valence-electron chi connectivity index (χ2n) is 9.51. The van der Waals surface area contributed by atoms with E-state index in [1.54, 1.807) is 6.07 Å². The molecule has 10 nitrogen and oxygen atoms in total. The summed E-state index contributed by atoms with van der Waals surface area (Å²) in [5.41, 5.74) is 9.20. The molecule has 6 rings (SSSR count). The lowest BCUT2D eigenvalue weighted by Crippen LogP contribution is -2.36. The standard InChI is InChI=1S/C25H28FN9O/c26-17-1-2-22(36)19(11-17)20-12-21-23(32-31-20)24(27)33-35(21)18-5-9-34(10-6-18)25-29-13-16(14-30-25)15-3-7-28-8-4-15/h1-2,11-15,18,28,36H,3-10H2,(H2,27,33). The molecule has 2 aliphatic heterocycles. The highest BCUT2D eigenvalue weighted by molar-refractivity contribution is 5.87. The van der Waals surface area contributed by atoms with Crippen molar-refractivity contribution in [3.05, 3.63) is 48.0 Å². The number of nitrogens with one attached hydrogen (secondary N) is 1. The smallest absolute Gasteiger partial charge is 0.225 e. The van der Waals surface area contributed by atoms with Gasteiger partial charge in [-0.3, -0.25) is 4.68 Å². The van der Waals surface area contributed by atoms with E-state index in [-0.39, 0.29) is 17.4 Å². The fourth-order valence-electron chi connectivity index (χ4n) is 5.25. The number of piperidine rings is 2. The summed E-state index contributed by atoms with van der Waals surface area (Å²) in [6.07, 6.45) is 7.87. The quantitative estimate of drug-likeness (QED) is 0.396. The summed E-state index contributed by atoms with van der Waals surface area (Å²) in [7, 11) is 0. The summed E-state index contributed by atoms with van der Waals surface area (Å²) in [5, 5.41) is 26.5. The van der Waals surface area contributed by atoms with E-state index in [1.807, 2.05) is 17.1 Å². The minimum Gasteiger partial charge on any atom is -0.507 e. The molecule has 0 spiro atoms. The molecule has 2 saturated heterocycles. The Morgan fingerprint density at radius 2 is 1.75 bits per heavy atom.